The van der Waals surface area contributed by atoms with E-state index in [-0.39, 0.29) is 0 Å². The van der Waals surface area contributed by atoms with Gasteiger partial charge < -0.3 is 9.47 Å². The number of hydrogen-bond acceptors (Lipinski definition) is 5. The molecule has 1 aromatic carbocycles. The predicted octanol–water partition coefficient (Wildman–Crippen LogP) is 1.71. The van der Waals surface area contributed by atoms with Crippen LogP contribution in [-0.2, 0) is 25.6 Å². The Labute approximate surface area is 111 Å². The first kappa shape index (κ1) is 13.3. The van der Waals surface area contributed by atoms with Crippen LogP contribution in [0.15, 0.2) is 35.3 Å². The first-order valence-corrected chi connectivity index (χ1v) is 5.97. The number of hydrogen-bond donors (Lipinski definition) is 0. The number of benzene rings is 1. The predicted molar refractivity (Wildman–Crippen MR) is 68.4 cm³/mol. The molecule has 0 atom stereocenters. The molecule has 2 rings (SSSR count). The van der Waals surface area contributed by atoms with Gasteiger partial charge in [-0.15, -0.1) is 0 Å². The Balaban J connectivity index is 1.99. The summed E-state index contributed by atoms with van der Waals surface area (Å²) < 4.78 is 9.97. The van der Waals surface area contributed by atoms with Crippen LogP contribution >= 0.6 is 0 Å². The van der Waals surface area contributed by atoms with Gasteiger partial charge in [-0.05, 0) is 5.56 Å². The lowest BCUT2D eigenvalue weighted by Crippen LogP contribution is -2.46. The summed E-state index contributed by atoms with van der Waals surface area (Å²) in [7, 11) is 0. The molecule has 0 unspecified atom stereocenters. The standard InChI is InChI=1S/C14H15NO4/c1-14(2)18-12(16)11(13(17)19-14)9-15-8-10-6-4-3-5-7-10/h3-7,9,11H,8H2,1-2H3. The number of esters is 2. The first-order valence-electron chi connectivity index (χ1n) is 5.97. The summed E-state index contributed by atoms with van der Waals surface area (Å²) in [5.74, 6) is -3.52. The van der Waals surface area contributed by atoms with Gasteiger partial charge in [-0.3, -0.25) is 14.6 Å². The van der Waals surface area contributed by atoms with Crippen LogP contribution in [0.2, 0.25) is 0 Å². The van der Waals surface area contributed by atoms with Gasteiger partial charge in [-0.1, -0.05) is 30.3 Å². The van der Waals surface area contributed by atoms with Gasteiger partial charge in [0.25, 0.3) is 5.79 Å². The van der Waals surface area contributed by atoms with Crippen LogP contribution in [0.25, 0.3) is 0 Å². The highest BCUT2D eigenvalue weighted by Gasteiger charge is 2.42. The first-order chi connectivity index (χ1) is 8.98. The van der Waals surface area contributed by atoms with E-state index in [4.69, 9.17) is 9.47 Å². The molecule has 1 heterocycles. The molecule has 1 aromatic rings. The third kappa shape index (κ3) is 3.40. The molecule has 1 aliphatic heterocycles. The average Bonchev–Trinajstić information content (AvgIpc) is 2.32. The van der Waals surface area contributed by atoms with Gasteiger partial charge in [0.1, 0.15) is 0 Å². The molecule has 0 radical (unpaired) electrons. The minimum atomic E-state index is -1.20. The summed E-state index contributed by atoms with van der Waals surface area (Å²) >= 11 is 0. The fraction of sp³-hybridized carbons (Fsp3) is 0.357. The average molecular weight is 261 g/mol. The van der Waals surface area contributed by atoms with Crippen molar-refractivity contribution in [3.63, 3.8) is 0 Å². The number of aliphatic imine (C=N–C) groups is 1. The lowest BCUT2D eigenvalue weighted by molar-refractivity contribution is -0.235. The van der Waals surface area contributed by atoms with E-state index in [0.717, 1.165) is 5.56 Å². The zero-order chi connectivity index (χ0) is 13.9. The molecule has 0 aliphatic carbocycles. The lowest BCUT2D eigenvalue weighted by atomic mass is 10.1. The van der Waals surface area contributed by atoms with Crippen molar-refractivity contribution in [2.45, 2.75) is 26.2 Å². The highest BCUT2D eigenvalue weighted by Crippen LogP contribution is 2.22. The molecule has 0 amide bonds. The van der Waals surface area contributed by atoms with Crippen LogP contribution in [0, 0.1) is 5.92 Å². The monoisotopic (exact) mass is 261 g/mol. The quantitative estimate of drug-likeness (QED) is 0.472. The van der Waals surface area contributed by atoms with E-state index in [1.807, 2.05) is 30.3 Å². The van der Waals surface area contributed by atoms with Crippen molar-refractivity contribution in [3.05, 3.63) is 35.9 Å². The number of nitrogens with zero attached hydrogens (tertiary/aromatic N) is 1. The van der Waals surface area contributed by atoms with Crippen LogP contribution in [0.4, 0.5) is 0 Å². The normalized spacial score (nSPS) is 19.3. The second-order valence-corrected chi connectivity index (χ2v) is 4.70. The Bertz CT molecular complexity index is 487. The smallest absolute Gasteiger partial charge is 0.329 e. The second-order valence-electron chi connectivity index (χ2n) is 4.70. The molecule has 5 nitrogen and oxygen atoms in total. The van der Waals surface area contributed by atoms with Crippen LogP contribution in [0.3, 0.4) is 0 Å². The Kier molecular flexibility index (Phi) is 3.64. The van der Waals surface area contributed by atoms with E-state index < -0.39 is 23.6 Å². The SMILES string of the molecule is CC1(C)OC(=O)C(C=NCc2ccccc2)C(=O)O1. The molecule has 1 aliphatic rings. The number of ether oxygens (including phenoxy) is 2. The molecular formula is C14H15NO4. The highest BCUT2D eigenvalue weighted by molar-refractivity contribution is 6.10. The Morgan fingerprint density at radius 3 is 2.32 bits per heavy atom. The summed E-state index contributed by atoms with van der Waals surface area (Å²) in [5.41, 5.74) is 0.997. The van der Waals surface area contributed by atoms with Crippen molar-refractivity contribution in [1.82, 2.24) is 0 Å². The lowest BCUT2D eigenvalue weighted by Gasteiger charge is -2.31. The van der Waals surface area contributed by atoms with Crippen molar-refractivity contribution < 1.29 is 19.1 Å². The number of carbonyl (C=O) groups excluding carboxylic acids is 2. The number of carbonyl (C=O) groups is 2. The van der Waals surface area contributed by atoms with Crippen LogP contribution < -0.4 is 0 Å². The van der Waals surface area contributed by atoms with Crippen molar-refractivity contribution in [2.75, 3.05) is 0 Å². The Morgan fingerprint density at radius 1 is 1.16 bits per heavy atom. The highest BCUT2D eigenvalue weighted by atomic mass is 16.7. The fourth-order valence-corrected chi connectivity index (χ4v) is 1.70. The molecule has 100 valence electrons. The van der Waals surface area contributed by atoms with Gasteiger partial charge in [0.05, 0.1) is 6.54 Å². The van der Waals surface area contributed by atoms with Gasteiger partial charge in [0, 0.05) is 20.1 Å². The molecule has 1 saturated heterocycles. The van der Waals surface area contributed by atoms with Gasteiger partial charge in [0.2, 0.25) is 0 Å². The van der Waals surface area contributed by atoms with Gasteiger partial charge in [-0.2, -0.15) is 0 Å². The van der Waals surface area contributed by atoms with Crippen LogP contribution in [0.1, 0.15) is 19.4 Å². The van der Waals surface area contributed by atoms with Crippen molar-refractivity contribution in [3.8, 4) is 0 Å². The van der Waals surface area contributed by atoms with E-state index in [1.54, 1.807) is 0 Å². The van der Waals surface area contributed by atoms with Crippen molar-refractivity contribution in [2.24, 2.45) is 10.9 Å². The molecule has 0 spiro atoms. The van der Waals surface area contributed by atoms with Gasteiger partial charge in [-0.25, -0.2) is 0 Å². The Morgan fingerprint density at radius 2 is 1.74 bits per heavy atom. The van der Waals surface area contributed by atoms with Crippen molar-refractivity contribution >= 4 is 18.2 Å². The van der Waals surface area contributed by atoms with E-state index >= 15 is 0 Å². The minimum absolute atomic E-state index is 0.404. The maximum absolute atomic E-state index is 11.6. The molecule has 0 aromatic heterocycles. The van der Waals surface area contributed by atoms with Crippen LogP contribution in [0.5, 0.6) is 0 Å². The van der Waals surface area contributed by atoms with Crippen LogP contribution in [-0.4, -0.2) is 23.9 Å². The maximum atomic E-state index is 11.6. The summed E-state index contributed by atoms with van der Waals surface area (Å²) in [4.78, 5) is 27.4. The topological polar surface area (TPSA) is 65.0 Å². The fourth-order valence-electron chi connectivity index (χ4n) is 1.70. The zero-order valence-electron chi connectivity index (χ0n) is 10.8. The molecular weight excluding hydrogens is 246 g/mol. The van der Waals surface area contributed by atoms with E-state index in [0.29, 0.717) is 6.54 Å². The molecule has 1 fully saturated rings. The molecule has 0 N–H and O–H groups in total. The van der Waals surface area contributed by atoms with Gasteiger partial charge in [0.15, 0.2) is 5.92 Å². The summed E-state index contributed by atoms with van der Waals surface area (Å²) in [6.45, 7) is 3.43. The van der Waals surface area contributed by atoms with Crippen molar-refractivity contribution in [1.29, 1.82) is 0 Å². The second kappa shape index (κ2) is 5.22. The van der Waals surface area contributed by atoms with E-state index in [9.17, 15) is 9.59 Å². The molecule has 0 bridgehead atoms. The molecule has 19 heavy (non-hydrogen) atoms. The number of cyclic esters (lactones) is 2. The summed E-state index contributed by atoms with van der Waals surface area (Å²) in [6, 6.07) is 9.54. The minimum Gasteiger partial charge on any atom is -0.422 e. The van der Waals surface area contributed by atoms with E-state index in [2.05, 4.69) is 4.99 Å². The third-order valence-corrected chi connectivity index (χ3v) is 2.57. The molecule has 5 heteroatoms. The van der Waals surface area contributed by atoms with Gasteiger partial charge >= 0.3 is 11.9 Å². The third-order valence-electron chi connectivity index (χ3n) is 2.57. The summed E-state index contributed by atoms with van der Waals surface area (Å²) in [6.07, 6.45) is 1.28. The van der Waals surface area contributed by atoms with E-state index in [1.165, 1.54) is 20.1 Å². The maximum Gasteiger partial charge on any atom is 0.329 e. The summed E-state index contributed by atoms with van der Waals surface area (Å²) in [5, 5.41) is 0. The number of rotatable bonds is 3. The zero-order valence-corrected chi connectivity index (χ0v) is 10.8. The Hall–Kier alpha value is -2.17. The largest absolute Gasteiger partial charge is 0.422 e. The molecule has 0 saturated carbocycles.